The summed E-state index contributed by atoms with van der Waals surface area (Å²) in [4.78, 5) is 27.9. The number of carbonyl (C=O) groups excluding carboxylic acids is 2. The zero-order valence-corrected chi connectivity index (χ0v) is 11.6. The number of nitrogens with zero attached hydrogens (tertiary/aromatic N) is 2. The number of fused-ring (bicyclic) bond motifs is 1. The lowest BCUT2D eigenvalue weighted by molar-refractivity contribution is -0.154. The maximum absolute atomic E-state index is 12.0. The van der Waals surface area contributed by atoms with Crippen LogP contribution in [0, 0.1) is 5.92 Å². The van der Waals surface area contributed by atoms with Crippen LogP contribution in [0.4, 0.5) is 0 Å². The molecule has 0 aromatic heterocycles. The molecule has 2 fully saturated rings. The Kier molecular flexibility index (Phi) is 4.42. The molecule has 0 aliphatic carbocycles. The first-order valence-electron chi connectivity index (χ1n) is 6.97. The maximum atomic E-state index is 12.0. The summed E-state index contributed by atoms with van der Waals surface area (Å²) in [5.74, 6) is 0.335. The Morgan fingerprint density at radius 1 is 1.37 bits per heavy atom. The smallest absolute Gasteiger partial charge is 0.248 e. The van der Waals surface area contributed by atoms with Gasteiger partial charge in [0.1, 0.15) is 12.1 Å². The zero-order chi connectivity index (χ0) is 14.0. The zero-order valence-electron chi connectivity index (χ0n) is 11.6. The van der Waals surface area contributed by atoms with Crippen molar-refractivity contribution in [1.82, 2.24) is 15.1 Å². The van der Waals surface area contributed by atoms with E-state index in [-0.39, 0.29) is 18.4 Å². The molecule has 2 saturated heterocycles. The summed E-state index contributed by atoms with van der Waals surface area (Å²) in [7, 11) is 0. The van der Waals surface area contributed by atoms with E-state index < -0.39 is 12.1 Å². The number of hydrogen-bond acceptors (Lipinski definition) is 4. The van der Waals surface area contributed by atoms with E-state index in [0.29, 0.717) is 19.0 Å². The molecule has 108 valence electrons. The van der Waals surface area contributed by atoms with E-state index in [1.807, 2.05) is 0 Å². The summed E-state index contributed by atoms with van der Waals surface area (Å²) in [6.07, 6.45) is 1.10. The van der Waals surface area contributed by atoms with Gasteiger partial charge >= 0.3 is 0 Å². The second-order valence-corrected chi connectivity index (χ2v) is 5.77. The normalized spacial score (nSPS) is 28.5. The number of aliphatic hydroxyl groups is 1. The lowest BCUT2D eigenvalue weighted by Crippen LogP contribution is -2.69. The van der Waals surface area contributed by atoms with Crippen LogP contribution in [0.15, 0.2) is 0 Å². The second-order valence-electron chi connectivity index (χ2n) is 5.77. The third-order valence-corrected chi connectivity index (χ3v) is 3.87. The average molecular weight is 269 g/mol. The van der Waals surface area contributed by atoms with Gasteiger partial charge in [-0.3, -0.25) is 14.5 Å². The van der Waals surface area contributed by atoms with Gasteiger partial charge in [0.25, 0.3) is 0 Å². The van der Waals surface area contributed by atoms with E-state index >= 15 is 0 Å². The molecular formula is C13H23N3O3. The molecule has 2 amide bonds. The molecule has 0 aromatic rings. The number of hydrogen-bond donors (Lipinski definition) is 2. The standard InChI is InChI=1S/C13H23N3O3/c1-9(2)3-4-15-5-6-16-11(7-15)12(18)14-10(8-17)13(16)19/h9-11,17H,3-8H2,1-2H3,(H,14,18)/t10-,11+/m0/s1. The SMILES string of the molecule is CC(C)CCN1CCN2C(=O)[C@H](CO)NC(=O)[C@H]2C1. The van der Waals surface area contributed by atoms with Gasteiger partial charge in [-0.15, -0.1) is 0 Å². The quantitative estimate of drug-likeness (QED) is 0.689. The summed E-state index contributed by atoms with van der Waals surface area (Å²) in [6.45, 7) is 6.98. The molecular weight excluding hydrogens is 246 g/mol. The molecule has 2 atom stereocenters. The molecule has 0 unspecified atom stereocenters. The number of nitrogens with one attached hydrogen (secondary N) is 1. The Morgan fingerprint density at radius 2 is 2.11 bits per heavy atom. The second kappa shape index (κ2) is 5.88. The van der Waals surface area contributed by atoms with Crippen LogP contribution in [-0.4, -0.2) is 71.6 Å². The highest BCUT2D eigenvalue weighted by molar-refractivity contribution is 5.97. The van der Waals surface area contributed by atoms with E-state index in [9.17, 15) is 9.59 Å². The number of piperazine rings is 2. The third-order valence-electron chi connectivity index (χ3n) is 3.87. The van der Waals surface area contributed by atoms with Crippen molar-refractivity contribution in [1.29, 1.82) is 0 Å². The molecule has 19 heavy (non-hydrogen) atoms. The molecule has 2 heterocycles. The lowest BCUT2D eigenvalue weighted by Gasteiger charge is -2.45. The van der Waals surface area contributed by atoms with Crippen molar-refractivity contribution >= 4 is 11.8 Å². The number of aliphatic hydroxyl groups excluding tert-OH is 1. The average Bonchev–Trinajstić information content (AvgIpc) is 2.40. The van der Waals surface area contributed by atoms with Crippen LogP contribution in [0.5, 0.6) is 0 Å². The van der Waals surface area contributed by atoms with Crippen LogP contribution in [0.1, 0.15) is 20.3 Å². The van der Waals surface area contributed by atoms with Crippen molar-refractivity contribution in [3.05, 3.63) is 0 Å². The van der Waals surface area contributed by atoms with Gasteiger partial charge in [0.05, 0.1) is 6.61 Å². The van der Waals surface area contributed by atoms with Gasteiger partial charge in [-0.25, -0.2) is 0 Å². The Labute approximate surface area is 113 Å². The van der Waals surface area contributed by atoms with Gasteiger partial charge in [0.2, 0.25) is 11.8 Å². The summed E-state index contributed by atoms with van der Waals surface area (Å²) >= 11 is 0. The molecule has 0 saturated carbocycles. The maximum Gasteiger partial charge on any atom is 0.248 e. The number of rotatable bonds is 4. The molecule has 0 aromatic carbocycles. The van der Waals surface area contributed by atoms with Gasteiger partial charge < -0.3 is 15.3 Å². The van der Waals surface area contributed by atoms with Crippen molar-refractivity contribution in [2.24, 2.45) is 5.92 Å². The van der Waals surface area contributed by atoms with E-state index in [1.165, 1.54) is 0 Å². The Bertz CT molecular complexity index is 359. The van der Waals surface area contributed by atoms with Crippen molar-refractivity contribution in [3.8, 4) is 0 Å². The van der Waals surface area contributed by atoms with Crippen LogP contribution in [-0.2, 0) is 9.59 Å². The third kappa shape index (κ3) is 3.06. The molecule has 2 rings (SSSR count). The summed E-state index contributed by atoms with van der Waals surface area (Å²) < 4.78 is 0. The first-order valence-corrected chi connectivity index (χ1v) is 6.97. The lowest BCUT2D eigenvalue weighted by atomic mass is 10.0. The van der Waals surface area contributed by atoms with Gasteiger partial charge in [0, 0.05) is 19.6 Å². The van der Waals surface area contributed by atoms with Crippen LogP contribution in [0.2, 0.25) is 0 Å². The Hall–Kier alpha value is -1.14. The summed E-state index contributed by atoms with van der Waals surface area (Å²) in [5.41, 5.74) is 0. The minimum Gasteiger partial charge on any atom is -0.394 e. The molecule has 6 nitrogen and oxygen atoms in total. The molecule has 6 heteroatoms. The predicted molar refractivity (Wildman–Crippen MR) is 70.4 cm³/mol. The highest BCUT2D eigenvalue weighted by Crippen LogP contribution is 2.17. The van der Waals surface area contributed by atoms with Crippen LogP contribution < -0.4 is 5.32 Å². The Morgan fingerprint density at radius 3 is 2.74 bits per heavy atom. The molecule has 2 N–H and O–H groups in total. The molecule has 2 aliphatic heterocycles. The van der Waals surface area contributed by atoms with Crippen molar-refractivity contribution in [2.45, 2.75) is 32.4 Å². The largest absolute Gasteiger partial charge is 0.394 e. The number of carbonyl (C=O) groups is 2. The van der Waals surface area contributed by atoms with Crippen LogP contribution >= 0.6 is 0 Å². The monoisotopic (exact) mass is 269 g/mol. The van der Waals surface area contributed by atoms with E-state index in [0.717, 1.165) is 19.5 Å². The highest BCUT2D eigenvalue weighted by atomic mass is 16.3. The van der Waals surface area contributed by atoms with Crippen LogP contribution in [0.3, 0.4) is 0 Å². The topological polar surface area (TPSA) is 72.9 Å². The van der Waals surface area contributed by atoms with E-state index in [2.05, 4.69) is 24.1 Å². The van der Waals surface area contributed by atoms with Gasteiger partial charge in [-0.2, -0.15) is 0 Å². The van der Waals surface area contributed by atoms with Crippen LogP contribution in [0.25, 0.3) is 0 Å². The minimum atomic E-state index is -0.758. The summed E-state index contributed by atoms with van der Waals surface area (Å²) in [5, 5.41) is 11.7. The van der Waals surface area contributed by atoms with Crippen molar-refractivity contribution < 1.29 is 14.7 Å². The highest BCUT2D eigenvalue weighted by Gasteiger charge is 2.42. The fourth-order valence-corrected chi connectivity index (χ4v) is 2.63. The fraction of sp³-hybridized carbons (Fsp3) is 0.846. The molecule has 2 aliphatic rings. The van der Waals surface area contributed by atoms with E-state index in [1.54, 1.807) is 4.90 Å². The number of amides is 2. The first-order chi connectivity index (χ1) is 9.02. The molecule has 0 bridgehead atoms. The summed E-state index contributed by atoms with van der Waals surface area (Å²) in [6, 6.07) is -1.15. The van der Waals surface area contributed by atoms with Gasteiger partial charge in [0.15, 0.2) is 0 Å². The minimum absolute atomic E-state index is 0.145. The van der Waals surface area contributed by atoms with Gasteiger partial charge in [-0.1, -0.05) is 13.8 Å². The van der Waals surface area contributed by atoms with Crippen molar-refractivity contribution in [2.75, 3.05) is 32.8 Å². The van der Waals surface area contributed by atoms with E-state index in [4.69, 9.17) is 5.11 Å². The fourth-order valence-electron chi connectivity index (χ4n) is 2.63. The Balaban J connectivity index is 1.97. The first kappa shape index (κ1) is 14.3. The molecule has 0 spiro atoms. The molecule has 0 radical (unpaired) electrons. The predicted octanol–water partition coefficient (Wildman–Crippen LogP) is -0.964. The van der Waals surface area contributed by atoms with Gasteiger partial charge in [-0.05, 0) is 18.9 Å². The van der Waals surface area contributed by atoms with Crippen molar-refractivity contribution in [3.63, 3.8) is 0 Å².